The number of nitrogens with zero attached hydrogens (tertiary/aromatic N) is 1. The molecule has 1 unspecified atom stereocenters. The standard InChI is InChI=1S/C21H30N2O2S.2ClH/c1-16-3-2-4-19(13-16)26-18-5-11-23(12-6-18)15-17-14-21(20(24)25-17)7-9-22-10-8-21;;/h2-4,13,17-18,22H,5-12,14-15H2,1H3;2*1H. The maximum absolute atomic E-state index is 12.4. The fourth-order valence-corrected chi connectivity index (χ4v) is 5.87. The zero-order valence-corrected chi connectivity index (χ0v) is 19.0. The van der Waals surface area contributed by atoms with E-state index >= 15 is 0 Å². The van der Waals surface area contributed by atoms with Crippen molar-refractivity contribution in [3.05, 3.63) is 29.8 Å². The van der Waals surface area contributed by atoms with E-state index in [9.17, 15) is 4.79 Å². The third-order valence-corrected chi connectivity index (χ3v) is 7.51. The van der Waals surface area contributed by atoms with Crippen LogP contribution in [0.1, 0.15) is 37.7 Å². The quantitative estimate of drug-likeness (QED) is 0.705. The minimum atomic E-state index is -0.185. The van der Waals surface area contributed by atoms with Gasteiger partial charge in [-0.1, -0.05) is 17.7 Å². The Morgan fingerprint density at radius 2 is 1.93 bits per heavy atom. The maximum Gasteiger partial charge on any atom is 0.312 e. The molecule has 0 aliphatic carbocycles. The number of hydrogen-bond acceptors (Lipinski definition) is 5. The zero-order chi connectivity index (χ0) is 18.0. The molecule has 3 aliphatic heterocycles. The van der Waals surface area contributed by atoms with Crippen LogP contribution in [0.25, 0.3) is 0 Å². The molecule has 1 atom stereocenters. The number of carbonyl (C=O) groups excluding carboxylic acids is 1. The van der Waals surface area contributed by atoms with Crippen LogP contribution in [0, 0.1) is 12.3 Å². The number of rotatable bonds is 4. The van der Waals surface area contributed by atoms with Crippen molar-refractivity contribution in [1.82, 2.24) is 10.2 Å². The van der Waals surface area contributed by atoms with Crippen LogP contribution in [0.3, 0.4) is 0 Å². The van der Waals surface area contributed by atoms with Crippen LogP contribution in [-0.2, 0) is 9.53 Å². The molecule has 0 bridgehead atoms. The van der Waals surface area contributed by atoms with Gasteiger partial charge in [-0.3, -0.25) is 9.69 Å². The van der Waals surface area contributed by atoms with Crippen molar-refractivity contribution in [3.63, 3.8) is 0 Å². The molecule has 1 aromatic carbocycles. The van der Waals surface area contributed by atoms with Gasteiger partial charge in [0, 0.05) is 23.1 Å². The molecule has 1 aromatic rings. The predicted octanol–water partition coefficient (Wildman–Crippen LogP) is 4.08. The van der Waals surface area contributed by atoms with Crippen molar-refractivity contribution in [2.45, 2.75) is 55.3 Å². The van der Waals surface area contributed by atoms with Crippen molar-refractivity contribution in [1.29, 1.82) is 0 Å². The lowest BCUT2D eigenvalue weighted by Gasteiger charge is -2.33. The van der Waals surface area contributed by atoms with E-state index in [1.165, 1.54) is 23.3 Å². The number of likely N-dealkylation sites (tertiary alicyclic amines) is 1. The summed E-state index contributed by atoms with van der Waals surface area (Å²) in [4.78, 5) is 16.3. The van der Waals surface area contributed by atoms with Gasteiger partial charge in [0.05, 0.1) is 5.41 Å². The minimum absolute atomic E-state index is 0. The molecule has 1 spiro atoms. The first-order valence-corrected chi connectivity index (χ1v) is 10.9. The molecule has 1 N–H and O–H groups in total. The molecular weight excluding hydrogens is 415 g/mol. The SMILES string of the molecule is Cc1cccc(SC2CCN(CC3CC4(CCNCC4)C(=O)O3)CC2)c1.Cl.Cl. The Bertz CT molecular complexity index is 647. The number of nitrogens with one attached hydrogen (secondary N) is 1. The summed E-state index contributed by atoms with van der Waals surface area (Å²) in [5.41, 5.74) is 1.15. The normalized spacial score (nSPS) is 25.0. The molecule has 7 heteroatoms. The highest BCUT2D eigenvalue weighted by Crippen LogP contribution is 2.42. The molecular formula is C21H32Cl2N2O2S. The van der Waals surface area contributed by atoms with Crippen LogP contribution < -0.4 is 5.32 Å². The summed E-state index contributed by atoms with van der Waals surface area (Å²) in [7, 11) is 0. The molecule has 4 rings (SSSR count). The largest absolute Gasteiger partial charge is 0.461 e. The fraction of sp³-hybridized carbons (Fsp3) is 0.667. The van der Waals surface area contributed by atoms with Gasteiger partial charge in [0.15, 0.2) is 0 Å². The van der Waals surface area contributed by atoms with Gasteiger partial charge in [0.2, 0.25) is 0 Å². The van der Waals surface area contributed by atoms with Crippen molar-refractivity contribution in [3.8, 4) is 0 Å². The summed E-state index contributed by atoms with van der Waals surface area (Å²) in [5, 5.41) is 4.06. The van der Waals surface area contributed by atoms with E-state index in [1.54, 1.807) is 0 Å². The van der Waals surface area contributed by atoms with Gasteiger partial charge in [0.25, 0.3) is 0 Å². The summed E-state index contributed by atoms with van der Waals surface area (Å²) in [5.74, 6) is 0.0638. The highest BCUT2D eigenvalue weighted by atomic mass is 35.5. The van der Waals surface area contributed by atoms with Crippen molar-refractivity contribution >= 4 is 42.5 Å². The lowest BCUT2D eigenvalue weighted by Crippen LogP contribution is -2.41. The van der Waals surface area contributed by atoms with Crippen LogP contribution >= 0.6 is 36.6 Å². The topological polar surface area (TPSA) is 41.6 Å². The lowest BCUT2D eigenvalue weighted by molar-refractivity contribution is -0.150. The number of thioether (sulfide) groups is 1. The Labute approximate surface area is 185 Å². The summed E-state index contributed by atoms with van der Waals surface area (Å²) in [6.07, 6.45) is 5.34. The molecule has 0 aromatic heterocycles. The van der Waals surface area contributed by atoms with Gasteiger partial charge in [-0.25, -0.2) is 0 Å². The maximum atomic E-state index is 12.4. The smallest absolute Gasteiger partial charge is 0.312 e. The van der Waals surface area contributed by atoms with Gasteiger partial charge in [-0.2, -0.15) is 0 Å². The molecule has 3 fully saturated rings. The molecule has 28 heavy (non-hydrogen) atoms. The van der Waals surface area contributed by atoms with E-state index in [4.69, 9.17) is 4.74 Å². The number of aryl methyl sites for hydroxylation is 1. The van der Waals surface area contributed by atoms with Crippen LogP contribution in [0.4, 0.5) is 0 Å². The van der Waals surface area contributed by atoms with E-state index in [-0.39, 0.29) is 42.3 Å². The van der Waals surface area contributed by atoms with E-state index in [0.29, 0.717) is 5.25 Å². The number of hydrogen-bond donors (Lipinski definition) is 1. The molecule has 4 nitrogen and oxygen atoms in total. The molecule has 0 saturated carbocycles. The van der Waals surface area contributed by atoms with Crippen LogP contribution in [-0.4, -0.2) is 54.9 Å². The third kappa shape index (κ3) is 5.57. The van der Waals surface area contributed by atoms with Crippen molar-refractivity contribution < 1.29 is 9.53 Å². The number of benzene rings is 1. The van der Waals surface area contributed by atoms with Crippen molar-refractivity contribution in [2.75, 3.05) is 32.7 Å². The molecule has 0 amide bonds. The Morgan fingerprint density at radius 1 is 1.21 bits per heavy atom. The molecule has 3 aliphatic rings. The summed E-state index contributed by atoms with van der Waals surface area (Å²) >= 11 is 2.02. The van der Waals surface area contributed by atoms with Gasteiger partial charge in [-0.05, 0) is 70.9 Å². The number of cyclic esters (lactones) is 1. The molecule has 3 heterocycles. The number of halogens is 2. The van der Waals surface area contributed by atoms with Crippen LogP contribution in [0.2, 0.25) is 0 Å². The average molecular weight is 447 g/mol. The first-order chi connectivity index (χ1) is 12.6. The highest BCUT2D eigenvalue weighted by molar-refractivity contribution is 8.00. The van der Waals surface area contributed by atoms with Crippen LogP contribution in [0.5, 0.6) is 0 Å². The minimum Gasteiger partial charge on any atom is -0.461 e. The number of carbonyl (C=O) groups is 1. The lowest BCUT2D eigenvalue weighted by atomic mass is 9.76. The van der Waals surface area contributed by atoms with E-state index in [2.05, 4.69) is 41.4 Å². The Balaban J connectivity index is 0.00000140. The Hall–Kier alpha value is -0.460. The van der Waals surface area contributed by atoms with E-state index < -0.39 is 0 Å². The zero-order valence-electron chi connectivity index (χ0n) is 16.5. The Kier molecular flexibility index (Phi) is 8.96. The van der Waals surface area contributed by atoms with E-state index in [1.807, 2.05) is 11.8 Å². The van der Waals surface area contributed by atoms with E-state index in [0.717, 1.165) is 52.0 Å². The van der Waals surface area contributed by atoms with Gasteiger partial charge >= 0.3 is 5.97 Å². The summed E-state index contributed by atoms with van der Waals surface area (Å²) < 4.78 is 5.78. The van der Waals surface area contributed by atoms with Crippen LogP contribution in [0.15, 0.2) is 29.2 Å². The summed E-state index contributed by atoms with van der Waals surface area (Å²) in [6, 6.07) is 8.82. The molecule has 3 saturated heterocycles. The second kappa shape index (κ2) is 10.5. The monoisotopic (exact) mass is 446 g/mol. The number of esters is 1. The summed E-state index contributed by atoms with van der Waals surface area (Å²) in [6.45, 7) is 7.21. The fourth-order valence-electron chi connectivity index (χ4n) is 4.63. The Morgan fingerprint density at radius 3 is 2.61 bits per heavy atom. The number of piperidine rings is 2. The second-order valence-corrected chi connectivity index (χ2v) is 9.57. The van der Waals surface area contributed by atoms with Gasteiger partial charge < -0.3 is 10.1 Å². The highest BCUT2D eigenvalue weighted by Gasteiger charge is 2.49. The second-order valence-electron chi connectivity index (χ2n) is 8.20. The van der Waals surface area contributed by atoms with Gasteiger partial charge in [0.1, 0.15) is 6.10 Å². The van der Waals surface area contributed by atoms with Gasteiger partial charge in [-0.15, -0.1) is 36.6 Å². The first-order valence-electron chi connectivity index (χ1n) is 10.0. The predicted molar refractivity (Wildman–Crippen MR) is 120 cm³/mol. The van der Waals surface area contributed by atoms with Crippen molar-refractivity contribution in [2.24, 2.45) is 5.41 Å². The first kappa shape index (κ1) is 23.8. The number of ether oxygens (including phenoxy) is 1. The third-order valence-electron chi connectivity index (χ3n) is 6.17. The molecule has 158 valence electrons. The average Bonchev–Trinajstić information content (AvgIpc) is 2.92. The molecule has 0 radical (unpaired) electrons.